The maximum absolute atomic E-state index is 13.1. The Morgan fingerprint density at radius 2 is 0.500 bits per heavy atom. The number of aliphatic hydroxyl groups is 1. The molecule has 3 N–H and O–H groups in total. The minimum Gasteiger partial charge on any atom is -0.462 e. The molecule has 0 amide bonds. The molecule has 0 radical (unpaired) electrons. The van der Waals surface area contributed by atoms with Gasteiger partial charge >= 0.3 is 39.5 Å². The van der Waals surface area contributed by atoms with E-state index in [-0.39, 0.29) is 25.7 Å². The summed E-state index contributed by atoms with van der Waals surface area (Å²) in [5.41, 5.74) is 0. The van der Waals surface area contributed by atoms with Gasteiger partial charge in [0, 0.05) is 25.7 Å². The molecule has 0 heterocycles. The first-order valence-corrected chi connectivity index (χ1v) is 44.3. The minimum atomic E-state index is -5.03. The van der Waals surface area contributed by atoms with Gasteiger partial charge in [-0.1, -0.05) is 298 Å². The predicted molar refractivity (Wildman–Crippen MR) is 454 cm³/mol. The van der Waals surface area contributed by atoms with Crippen LogP contribution < -0.4 is 0 Å². The smallest absolute Gasteiger partial charge is 0.462 e. The summed E-state index contributed by atoms with van der Waals surface area (Å²) in [6, 6.07) is 0. The van der Waals surface area contributed by atoms with Crippen molar-refractivity contribution in [3.05, 3.63) is 207 Å². The van der Waals surface area contributed by atoms with E-state index in [0.717, 1.165) is 128 Å². The third kappa shape index (κ3) is 79.7. The number of aliphatic hydroxyl groups excluding tert-OH is 1. The van der Waals surface area contributed by atoms with Gasteiger partial charge in [0.1, 0.15) is 19.3 Å². The van der Waals surface area contributed by atoms with E-state index in [9.17, 15) is 43.2 Å². The van der Waals surface area contributed by atoms with Crippen LogP contribution in [0, 0.1) is 0 Å². The lowest BCUT2D eigenvalue weighted by Gasteiger charge is -2.21. The fraction of sp³-hybridized carbons (Fsp3) is 0.582. The van der Waals surface area contributed by atoms with E-state index in [1.165, 1.54) is 57.8 Å². The lowest BCUT2D eigenvalue weighted by Crippen LogP contribution is -2.30. The lowest BCUT2D eigenvalue weighted by atomic mass is 10.1. The van der Waals surface area contributed by atoms with E-state index in [2.05, 4.69) is 186 Å². The molecule has 0 saturated carbocycles. The maximum Gasteiger partial charge on any atom is 0.472 e. The Bertz CT molecular complexity index is 2900. The Labute approximate surface area is 665 Å². The monoisotopic (exact) mass is 1570 g/mol. The van der Waals surface area contributed by atoms with E-state index in [1.54, 1.807) is 0 Å². The molecule has 620 valence electrons. The van der Waals surface area contributed by atoms with Gasteiger partial charge in [0.15, 0.2) is 12.2 Å². The van der Waals surface area contributed by atoms with Gasteiger partial charge in [-0.2, -0.15) is 0 Å². The molecule has 0 saturated heterocycles. The molecule has 19 heteroatoms. The molecule has 0 spiro atoms. The summed E-state index contributed by atoms with van der Waals surface area (Å²) in [5.74, 6) is -2.47. The number of allylic oxidation sites excluding steroid dienone is 34. The molecule has 0 aromatic heterocycles. The molecule has 0 bridgehead atoms. The van der Waals surface area contributed by atoms with Crippen molar-refractivity contribution >= 4 is 39.5 Å². The number of hydrogen-bond donors (Lipinski definition) is 3. The molecule has 0 fully saturated rings. The highest BCUT2D eigenvalue weighted by Crippen LogP contribution is 2.45. The van der Waals surface area contributed by atoms with Crippen LogP contribution in [0.1, 0.15) is 285 Å². The molecule has 110 heavy (non-hydrogen) atoms. The van der Waals surface area contributed by atoms with Gasteiger partial charge in [0.05, 0.1) is 26.4 Å². The number of rotatable bonds is 75. The van der Waals surface area contributed by atoms with Gasteiger partial charge in [-0.05, 0) is 167 Å². The van der Waals surface area contributed by atoms with Crippen molar-refractivity contribution in [3.8, 4) is 0 Å². The Hall–Kier alpha value is -6.36. The van der Waals surface area contributed by atoms with Gasteiger partial charge in [0.25, 0.3) is 0 Å². The van der Waals surface area contributed by atoms with E-state index in [1.807, 2.05) is 48.6 Å². The van der Waals surface area contributed by atoms with Crippen molar-refractivity contribution in [1.29, 1.82) is 0 Å². The Balaban J connectivity index is 5.58. The van der Waals surface area contributed by atoms with Crippen molar-refractivity contribution in [2.75, 3.05) is 39.6 Å². The molecule has 2 unspecified atom stereocenters. The topological polar surface area (TPSA) is 237 Å². The van der Waals surface area contributed by atoms with Crippen molar-refractivity contribution in [1.82, 2.24) is 0 Å². The van der Waals surface area contributed by atoms with Gasteiger partial charge < -0.3 is 33.8 Å². The summed E-state index contributed by atoms with van der Waals surface area (Å²) in [6.07, 6.45) is 101. The van der Waals surface area contributed by atoms with Gasteiger partial charge in [-0.25, -0.2) is 9.13 Å². The number of unbranched alkanes of at least 4 members (excludes halogenated alkanes) is 15. The number of phosphoric ester groups is 2. The Morgan fingerprint density at radius 3 is 0.827 bits per heavy atom. The molecule has 0 aliphatic rings. The summed E-state index contributed by atoms with van der Waals surface area (Å²) in [6.45, 7) is 4.35. The Kier molecular flexibility index (Phi) is 76.0. The average Bonchev–Trinajstić information content (AvgIpc) is 0.906. The third-order valence-electron chi connectivity index (χ3n) is 16.2. The molecule has 0 aliphatic carbocycles. The zero-order chi connectivity index (χ0) is 80.3. The minimum absolute atomic E-state index is 0.00716. The molecule has 17 nitrogen and oxygen atoms in total. The van der Waals surface area contributed by atoms with Gasteiger partial charge in [-0.15, -0.1) is 0 Å². The highest BCUT2D eigenvalue weighted by molar-refractivity contribution is 7.47. The normalized spacial score (nSPS) is 14.9. The van der Waals surface area contributed by atoms with E-state index in [0.29, 0.717) is 44.9 Å². The van der Waals surface area contributed by atoms with Crippen molar-refractivity contribution < 1.29 is 80.2 Å². The molecule has 5 atom stereocenters. The SMILES string of the molecule is CC/C=C\C/C=C\C/C=C\C/C=C\C/C=C\C/C=C\CCC(=O)OC[C@H](COP(=O)(O)OC[C@@H](O)COP(=O)(O)OC[C@@H](COC(=O)CC/C=C\C/C=C\C/C=C\C/C=C\C/C=C\C/C=C\CC)OC(=O)CCCCCCC/C=C\CCCCCCCC)OC(=O)CCC/C=C\C/C=C\C/C=C\C/C=C\CCCCC. The number of carbonyl (C=O) groups excluding carboxylic acids is 4. The first kappa shape index (κ1) is 104. The fourth-order valence-corrected chi connectivity index (χ4v) is 11.6. The van der Waals surface area contributed by atoms with Crippen LogP contribution in [-0.4, -0.2) is 96.7 Å². The predicted octanol–water partition coefficient (Wildman–Crippen LogP) is 24.7. The van der Waals surface area contributed by atoms with E-state index >= 15 is 0 Å². The van der Waals surface area contributed by atoms with Crippen molar-refractivity contribution in [3.63, 3.8) is 0 Å². The van der Waals surface area contributed by atoms with E-state index in [4.69, 9.17) is 37.0 Å². The standard InChI is InChI=1S/C91H144O17P2/c1-5-9-13-17-21-25-29-33-37-40-42-45-48-51-55-59-63-67-71-75-88(93)101-81-86(107-90(95)77-73-69-65-61-57-53-47-36-32-28-24-20-16-12-8-4)83-105-109(97,98)103-79-85(92)80-104-110(99,100)106-84-87(108-91(96)78-74-70-66-62-58-54-50-44-39-35-31-27-23-19-15-11-7-3)82-102-89(94)76-72-68-64-60-56-52-49-46-43-41-38-34-30-26-22-18-14-10-6-2/h9-10,13-14,21-23,25-27,33-39,42-43,45-47,50-52,54-56,62-64,66-68,85-87,92H,5-8,11-12,15-20,24,28-32,40-41,44,48-49,53,57-61,65,69-84H2,1-4H3,(H,97,98)(H,99,100)/b13-9-,14-10-,25-21-,26-22-,27-23-,37-33-,38-34-,39-35-,45-42-,46-43-,47-36-,54-50-,55-51-,56-52-,66-62-,67-63-,68-64-/t85-,86+,87+/m0/s1. The average molecular weight is 1570 g/mol. The number of carbonyl (C=O) groups is 4. The van der Waals surface area contributed by atoms with Crippen LogP contribution in [0.5, 0.6) is 0 Å². The second-order valence-electron chi connectivity index (χ2n) is 26.6. The highest BCUT2D eigenvalue weighted by atomic mass is 31.2. The van der Waals surface area contributed by atoms with Crippen molar-refractivity contribution in [2.45, 2.75) is 303 Å². The second-order valence-corrected chi connectivity index (χ2v) is 29.5. The summed E-state index contributed by atoms with van der Waals surface area (Å²) in [7, 11) is -10.0. The first-order valence-electron chi connectivity index (χ1n) is 41.3. The highest BCUT2D eigenvalue weighted by Gasteiger charge is 2.30. The zero-order valence-corrected chi connectivity index (χ0v) is 69.6. The summed E-state index contributed by atoms with van der Waals surface area (Å²) in [5, 5.41) is 10.7. The van der Waals surface area contributed by atoms with Crippen LogP contribution in [0.3, 0.4) is 0 Å². The number of esters is 4. The summed E-state index contributed by atoms with van der Waals surface area (Å²) < 4.78 is 68.5. The Morgan fingerprint density at radius 1 is 0.264 bits per heavy atom. The molecule has 0 aromatic carbocycles. The van der Waals surface area contributed by atoms with Crippen LogP contribution in [0.2, 0.25) is 0 Å². The fourth-order valence-electron chi connectivity index (χ4n) is 10.0. The summed E-state index contributed by atoms with van der Waals surface area (Å²) in [4.78, 5) is 73.1. The summed E-state index contributed by atoms with van der Waals surface area (Å²) >= 11 is 0. The van der Waals surface area contributed by atoms with Crippen molar-refractivity contribution in [2.24, 2.45) is 0 Å². The molecule has 0 rings (SSSR count). The van der Waals surface area contributed by atoms with Gasteiger partial charge in [-0.3, -0.25) is 37.3 Å². The second kappa shape index (κ2) is 80.7. The first-order chi connectivity index (χ1) is 53.7. The van der Waals surface area contributed by atoms with Crippen LogP contribution in [-0.2, 0) is 65.4 Å². The number of hydrogen-bond acceptors (Lipinski definition) is 15. The van der Waals surface area contributed by atoms with Crippen LogP contribution in [0.15, 0.2) is 207 Å². The third-order valence-corrected chi connectivity index (χ3v) is 18.1. The van der Waals surface area contributed by atoms with Crippen LogP contribution in [0.4, 0.5) is 0 Å². The molecule has 0 aromatic rings. The largest absolute Gasteiger partial charge is 0.472 e. The maximum atomic E-state index is 13.1. The number of ether oxygens (including phenoxy) is 4. The quantitative estimate of drug-likeness (QED) is 0.0169. The van der Waals surface area contributed by atoms with E-state index < -0.39 is 97.5 Å². The number of phosphoric acid groups is 2. The zero-order valence-electron chi connectivity index (χ0n) is 67.8. The van der Waals surface area contributed by atoms with Gasteiger partial charge in [0.2, 0.25) is 0 Å². The van der Waals surface area contributed by atoms with Crippen LogP contribution in [0.25, 0.3) is 0 Å². The van der Waals surface area contributed by atoms with Crippen LogP contribution >= 0.6 is 15.6 Å². The lowest BCUT2D eigenvalue weighted by molar-refractivity contribution is -0.161. The molecular weight excluding hydrogens is 1430 g/mol. The molecular formula is C91H144O17P2. The molecule has 0 aliphatic heterocycles.